The number of carboxylic acids is 2. The van der Waals surface area contributed by atoms with Gasteiger partial charge in [-0.1, -0.05) is 6.07 Å². The number of aryl methyl sites for hydroxylation is 1. The van der Waals surface area contributed by atoms with Crippen molar-refractivity contribution in [2.75, 3.05) is 11.9 Å². The first kappa shape index (κ1) is 25.5. The number of thiophene rings is 1. The number of nitrogens with zero attached hydrogens (tertiary/aromatic N) is 2. The van der Waals surface area contributed by atoms with Gasteiger partial charge in [0.2, 0.25) is 0 Å². The van der Waals surface area contributed by atoms with Gasteiger partial charge in [-0.15, -0.1) is 11.3 Å². The third kappa shape index (κ3) is 6.37. The summed E-state index contributed by atoms with van der Waals surface area (Å²) in [7, 11) is 1.84. The van der Waals surface area contributed by atoms with E-state index in [0.717, 1.165) is 10.6 Å². The van der Waals surface area contributed by atoms with Crippen LogP contribution < -0.4 is 15.8 Å². The number of carboxylic acid groups (broad SMARTS) is 2. The van der Waals surface area contributed by atoms with Gasteiger partial charge in [0.1, 0.15) is 11.9 Å². The molecule has 0 spiro atoms. The van der Waals surface area contributed by atoms with Gasteiger partial charge in [-0.3, -0.25) is 14.4 Å². The molecule has 0 bridgehead atoms. The molecule has 1 amide bonds. The third-order valence-corrected chi connectivity index (χ3v) is 5.95. The van der Waals surface area contributed by atoms with Gasteiger partial charge in [-0.2, -0.15) is 0 Å². The smallest absolute Gasteiger partial charge is 0.326 e. The molecule has 11 nitrogen and oxygen atoms in total. The van der Waals surface area contributed by atoms with E-state index in [1.54, 1.807) is 31.2 Å². The minimum atomic E-state index is -1.29. The predicted molar refractivity (Wildman–Crippen MR) is 123 cm³/mol. The van der Waals surface area contributed by atoms with Gasteiger partial charge in [0, 0.05) is 20.0 Å². The maximum absolute atomic E-state index is 12.4. The molecule has 0 aliphatic carbocycles. The van der Waals surface area contributed by atoms with E-state index >= 15 is 0 Å². The summed E-state index contributed by atoms with van der Waals surface area (Å²) in [4.78, 5) is 55.8. The van der Waals surface area contributed by atoms with Crippen molar-refractivity contribution in [1.82, 2.24) is 15.3 Å². The summed E-state index contributed by atoms with van der Waals surface area (Å²) in [5, 5.41) is 21.6. The Morgan fingerprint density at radius 1 is 1.21 bits per heavy atom. The number of hydrogen-bond acceptors (Lipinski definition) is 7. The zero-order valence-corrected chi connectivity index (χ0v) is 18.7. The van der Waals surface area contributed by atoms with Crippen molar-refractivity contribution in [2.24, 2.45) is 0 Å². The molecule has 1 atom stereocenters. The van der Waals surface area contributed by atoms with Crippen molar-refractivity contribution in [3.05, 3.63) is 57.0 Å². The Labute approximate surface area is 192 Å². The number of benzene rings is 1. The lowest BCUT2D eigenvalue weighted by molar-refractivity contribution is -0.140. The highest BCUT2D eigenvalue weighted by molar-refractivity contribution is 7.17. The fourth-order valence-corrected chi connectivity index (χ4v) is 4.03. The Hall–Kier alpha value is -3.77. The molecule has 33 heavy (non-hydrogen) atoms. The van der Waals surface area contributed by atoms with Gasteiger partial charge in [0.25, 0.3) is 11.5 Å². The van der Waals surface area contributed by atoms with E-state index in [4.69, 9.17) is 5.11 Å². The molecule has 0 saturated carbocycles. The number of anilines is 1. The summed E-state index contributed by atoms with van der Waals surface area (Å²) in [5.41, 5.74) is 1.29. The van der Waals surface area contributed by atoms with E-state index in [2.05, 4.69) is 15.3 Å². The number of carbonyl (C=O) groups excluding carboxylic acids is 1. The van der Waals surface area contributed by atoms with Crippen molar-refractivity contribution < 1.29 is 30.1 Å². The zero-order valence-electron chi connectivity index (χ0n) is 17.9. The molecule has 2 aromatic heterocycles. The highest BCUT2D eigenvalue weighted by atomic mass is 32.1. The lowest BCUT2D eigenvalue weighted by Gasteiger charge is -2.17. The summed E-state index contributed by atoms with van der Waals surface area (Å²) in [6, 6.07) is 7.49. The average Bonchev–Trinajstić information content (AvgIpc) is 3.21. The Kier molecular flexibility index (Phi) is 8.26. The van der Waals surface area contributed by atoms with E-state index in [-0.39, 0.29) is 23.9 Å². The van der Waals surface area contributed by atoms with Gasteiger partial charge in [0.05, 0.1) is 20.8 Å². The molecule has 3 aromatic rings. The second-order valence-corrected chi connectivity index (χ2v) is 8.36. The molecule has 2 heterocycles. The quantitative estimate of drug-likeness (QED) is 0.354. The van der Waals surface area contributed by atoms with Gasteiger partial charge in [-0.05, 0) is 43.2 Å². The second-order valence-electron chi connectivity index (χ2n) is 7.29. The molecular formula is C21H24N4O7S. The topological polar surface area (TPSA) is 184 Å². The molecule has 0 radical (unpaired) electrons. The van der Waals surface area contributed by atoms with Crippen LogP contribution in [0.4, 0.5) is 5.00 Å². The molecule has 0 aliphatic rings. The molecule has 3 rings (SSSR count). The van der Waals surface area contributed by atoms with Crippen LogP contribution in [-0.2, 0) is 16.1 Å². The van der Waals surface area contributed by atoms with Crippen LogP contribution >= 0.6 is 11.3 Å². The standard InChI is InChI=1S/C21H22N4O6S.H2O/c1-11-22-14-4-3-12(9-13(14)19(28)23-11)10-25(2)17-7-6-16(32-17)20(29)24-15(21(30)31)5-8-18(26)27;/h3-4,6-7,9,15H,5,8,10H2,1-2H3,(H,24,29)(H,26,27)(H,30,31)(H,22,23,28);1H2/t15-;/m0./s1. The SMILES string of the molecule is Cc1nc2ccc(CN(C)c3ccc(C(=O)N[C@@H](CCC(=O)O)C(=O)O)s3)cc2c(=O)[nH]1.O. The van der Waals surface area contributed by atoms with E-state index in [0.29, 0.717) is 28.1 Å². The summed E-state index contributed by atoms with van der Waals surface area (Å²) in [6.45, 7) is 2.19. The monoisotopic (exact) mass is 476 g/mol. The van der Waals surface area contributed by atoms with Gasteiger partial charge < -0.3 is 30.9 Å². The van der Waals surface area contributed by atoms with E-state index in [1.807, 2.05) is 18.0 Å². The van der Waals surface area contributed by atoms with E-state index < -0.39 is 23.9 Å². The van der Waals surface area contributed by atoms with Crippen LogP contribution in [0.25, 0.3) is 10.9 Å². The molecule has 6 N–H and O–H groups in total. The molecule has 0 saturated heterocycles. The first-order valence-electron chi connectivity index (χ1n) is 9.70. The minimum Gasteiger partial charge on any atom is -0.481 e. The first-order valence-corrected chi connectivity index (χ1v) is 10.5. The number of rotatable bonds is 9. The summed E-state index contributed by atoms with van der Waals surface area (Å²) < 4.78 is 0. The van der Waals surface area contributed by atoms with Crippen LogP contribution in [0, 0.1) is 6.92 Å². The van der Waals surface area contributed by atoms with Crippen molar-refractivity contribution in [3.8, 4) is 0 Å². The van der Waals surface area contributed by atoms with Gasteiger partial charge >= 0.3 is 11.9 Å². The maximum Gasteiger partial charge on any atom is 0.326 e. The number of carbonyl (C=O) groups is 3. The van der Waals surface area contributed by atoms with E-state index in [1.165, 1.54) is 11.3 Å². The van der Waals surface area contributed by atoms with Crippen molar-refractivity contribution in [3.63, 3.8) is 0 Å². The lowest BCUT2D eigenvalue weighted by atomic mass is 10.1. The van der Waals surface area contributed by atoms with Crippen LogP contribution in [0.1, 0.15) is 33.9 Å². The Balaban J connectivity index is 0.00000385. The number of amides is 1. The summed E-state index contributed by atoms with van der Waals surface area (Å²) >= 11 is 1.18. The molecule has 12 heteroatoms. The number of aromatic amines is 1. The Bertz CT molecular complexity index is 1240. The molecular weight excluding hydrogens is 452 g/mol. The number of nitrogens with one attached hydrogen (secondary N) is 2. The van der Waals surface area contributed by atoms with Crippen molar-refractivity contribution >= 4 is 45.1 Å². The fraction of sp³-hybridized carbons (Fsp3) is 0.286. The summed E-state index contributed by atoms with van der Waals surface area (Å²) in [5.74, 6) is -2.45. The Morgan fingerprint density at radius 3 is 2.61 bits per heavy atom. The van der Waals surface area contributed by atoms with E-state index in [9.17, 15) is 24.3 Å². The molecule has 1 aromatic carbocycles. The highest BCUT2D eigenvalue weighted by Crippen LogP contribution is 2.27. The van der Waals surface area contributed by atoms with Gasteiger partial charge in [-0.25, -0.2) is 9.78 Å². The fourth-order valence-electron chi connectivity index (χ4n) is 3.16. The number of H-pyrrole nitrogens is 1. The number of aliphatic carboxylic acids is 2. The Morgan fingerprint density at radius 2 is 1.94 bits per heavy atom. The van der Waals surface area contributed by atoms with Crippen LogP contribution in [0.5, 0.6) is 0 Å². The van der Waals surface area contributed by atoms with Crippen molar-refractivity contribution in [1.29, 1.82) is 0 Å². The normalized spacial score (nSPS) is 11.5. The minimum absolute atomic E-state index is 0. The van der Waals surface area contributed by atoms with Crippen LogP contribution in [-0.4, -0.2) is 56.6 Å². The largest absolute Gasteiger partial charge is 0.481 e. The highest BCUT2D eigenvalue weighted by Gasteiger charge is 2.22. The molecule has 0 aliphatic heterocycles. The van der Waals surface area contributed by atoms with Gasteiger partial charge in [0.15, 0.2) is 0 Å². The first-order chi connectivity index (χ1) is 15.1. The lowest BCUT2D eigenvalue weighted by Crippen LogP contribution is -2.40. The molecule has 176 valence electrons. The van der Waals surface area contributed by atoms with Crippen molar-refractivity contribution in [2.45, 2.75) is 32.4 Å². The number of hydrogen-bond donors (Lipinski definition) is 4. The number of fused-ring (bicyclic) bond motifs is 1. The molecule has 0 unspecified atom stereocenters. The third-order valence-electron chi connectivity index (χ3n) is 4.75. The zero-order chi connectivity index (χ0) is 23.4. The second kappa shape index (κ2) is 10.7. The van der Waals surface area contributed by atoms with Crippen LogP contribution in [0.2, 0.25) is 0 Å². The van der Waals surface area contributed by atoms with Crippen LogP contribution in [0.3, 0.4) is 0 Å². The number of aromatic nitrogens is 2. The average molecular weight is 477 g/mol. The maximum atomic E-state index is 12.4. The van der Waals surface area contributed by atoms with Crippen LogP contribution in [0.15, 0.2) is 35.1 Å². The molecule has 0 fully saturated rings. The predicted octanol–water partition coefficient (Wildman–Crippen LogP) is 1.15. The summed E-state index contributed by atoms with van der Waals surface area (Å²) in [6.07, 6.45) is -0.566.